The van der Waals surface area contributed by atoms with E-state index in [-0.39, 0.29) is 5.91 Å². The Balaban J connectivity index is 1.79. The number of nitrogens with zero attached hydrogens (tertiary/aromatic N) is 1. The van der Waals surface area contributed by atoms with Gasteiger partial charge in [0.05, 0.1) is 30.3 Å². The second-order valence-corrected chi connectivity index (χ2v) is 5.58. The highest BCUT2D eigenvalue weighted by molar-refractivity contribution is 6.34. The van der Waals surface area contributed by atoms with Crippen molar-refractivity contribution in [1.82, 2.24) is 4.90 Å². The SMILES string of the molecule is Nc1ccc(C(=O)N2CCCC3(C2)OCCO3)c(Cl)c1. The summed E-state index contributed by atoms with van der Waals surface area (Å²) in [6, 6.07) is 4.94. The molecule has 2 aliphatic heterocycles. The van der Waals surface area contributed by atoms with E-state index in [1.165, 1.54) is 0 Å². The predicted octanol–water partition coefficient (Wildman–Crippen LogP) is 1.90. The Morgan fingerprint density at radius 1 is 1.35 bits per heavy atom. The van der Waals surface area contributed by atoms with Crippen LogP contribution in [0.25, 0.3) is 0 Å². The second-order valence-electron chi connectivity index (χ2n) is 5.18. The van der Waals surface area contributed by atoms with E-state index in [9.17, 15) is 4.79 Å². The van der Waals surface area contributed by atoms with Gasteiger partial charge in [-0.05, 0) is 24.6 Å². The van der Waals surface area contributed by atoms with Crippen molar-refractivity contribution in [3.63, 3.8) is 0 Å². The van der Waals surface area contributed by atoms with Gasteiger partial charge in [-0.1, -0.05) is 11.6 Å². The zero-order valence-electron chi connectivity index (χ0n) is 11.1. The lowest BCUT2D eigenvalue weighted by molar-refractivity contribution is -0.183. The highest BCUT2D eigenvalue weighted by Gasteiger charge is 2.42. The maximum atomic E-state index is 12.6. The molecule has 108 valence electrons. The van der Waals surface area contributed by atoms with E-state index in [0.717, 1.165) is 12.8 Å². The van der Waals surface area contributed by atoms with E-state index in [2.05, 4.69) is 0 Å². The molecule has 0 aromatic heterocycles. The summed E-state index contributed by atoms with van der Waals surface area (Å²) in [5, 5.41) is 0.378. The smallest absolute Gasteiger partial charge is 0.255 e. The fourth-order valence-electron chi connectivity index (χ4n) is 2.77. The number of halogens is 1. The summed E-state index contributed by atoms with van der Waals surface area (Å²) in [6.45, 7) is 2.32. The molecule has 1 amide bonds. The molecule has 0 bridgehead atoms. The summed E-state index contributed by atoms with van der Waals surface area (Å²) in [5.74, 6) is -0.720. The van der Waals surface area contributed by atoms with Crippen LogP contribution in [0.3, 0.4) is 0 Å². The van der Waals surface area contributed by atoms with Crippen molar-refractivity contribution in [2.75, 3.05) is 32.0 Å². The standard InChI is InChI=1S/C14H17ClN2O3/c15-12-8-10(16)2-3-11(12)13(18)17-5-1-4-14(9-17)19-6-7-20-14/h2-3,8H,1,4-7,9,16H2. The molecule has 1 aromatic rings. The molecule has 2 heterocycles. The van der Waals surface area contributed by atoms with Crippen LogP contribution in [0.15, 0.2) is 18.2 Å². The van der Waals surface area contributed by atoms with Crippen LogP contribution in [0.2, 0.25) is 5.02 Å². The fraction of sp³-hybridized carbons (Fsp3) is 0.500. The van der Waals surface area contributed by atoms with E-state index in [1.807, 2.05) is 0 Å². The van der Waals surface area contributed by atoms with E-state index in [4.69, 9.17) is 26.8 Å². The predicted molar refractivity (Wildman–Crippen MR) is 75.6 cm³/mol. The molecule has 0 aliphatic carbocycles. The molecule has 1 spiro atoms. The number of hydrogen-bond donors (Lipinski definition) is 1. The van der Waals surface area contributed by atoms with Crippen LogP contribution in [0.4, 0.5) is 5.69 Å². The Morgan fingerprint density at radius 2 is 2.10 bits per heavy atom. The highest BCUT2D eigenvalue weighted by Crippen LogP contribution is 2.31. The summed E-state index contributed by atoms with van der Waals surface area (Å²) in [6.07, 6.45) is 1.69. The van der Waals surface area contributed by atoms with Gasteiger partial charge in [0, 0.05) is 18.7 Å². The quantitative estimate of drug-likeness (QED) is 0.804. The average molecular weight is 297 g/mol. The number of carbonyl (C=O) groups is 1. The minimum absolute atomic E-state index is 0.104. The topological polar surface area (TPSA) is 64.8 Å². The number of ether oxygens (including phenoxy) is 2. The summed E-state index contributed by atoms with van der Waals surface area (Å²) in [7, 11) is 0. The number of anilines is 1. The van der Waals surface area contributed by atoms with Crippen LogP contribution >= 0.6 is 11.6 Å². The second kappa shape index (κ2) is 5.24. The van der Waals surface area contributed by atoms with Crippen LogP contribution < -0.4 is 5.73 Å². The maximum Gasteiger partial charge on any atom is 0.255 e. The Bertz CT molecular complexity index is 529. The van der Waals surface area contributed by atoms with Gasteiger partial charge in [-0.25, -0.2) is 0 Å². The number of hydrogen-bond acceptors (Lipinski definition) is 4. The van der Waals surface area contributed by atoms with E-state index in [1.54, 1.807) is 23.1 Å². The number of carbonyl (C=O) groups excluding carboxylic acids is 1. The van der Waals surface area contributed by atoms with Crippen LogP contribution in [-0.4, -0.2) is 42.9 Å². The molecular weight excluding hydrogens is 280 g/mol. The molecule has 0 radical (unpaired) electrons. The molecule has 2 saturated heterocycles. The van der Waals surface area contributed by atoms with E-state index >= 15 is 0 Å². The highest BCUT2D eigenvalue weighted by atomic mass is 35.5. The zero-order valence-corrected chi connectivity index (χ0v) is 11.9. The van der Waals surface area contributed by atoms with Gasteiger partial charge < -0.3 is 20.1 Å². The minimum Gasteiger partial charge on any atom is -0.399 e. The first-order valence-electron chi connectivity index (χ1n) is 6.72. The third-order valence-electron chi connectivity index (χ3n) is 3.74. The van der Waals surface area contributed by atoms with Crippen molar-refractivity contribution in [2.24, 2.45) is 0 Å². The monoisotopic (exact) mass is 296 g/mol. The number of rotatable bonds is 1. The lowest BCUT2D eigenvalue weighted by Crippen LogP contribution is -2.51. The van der Waals surface area contributed by atoms with Crippen molar-refractivity contribution in [1.29, 1.82) is 0 Å². The van der Waals surface area contributed by atoms with Gasteiger partial charge in [-0.3, -0.25) is 4.79 Å². The Morgan fingerprint density at radius 3 is 2.80 bits per heavy atom. The van der Waals surface area contributed by atoms with Gasteiger partial charge in [-0.2, -0.15) is 0 Å². The molecule has 2 fully saturated rings. The fourth-order valence-corrected chi connectivity index (χ4v) is 3.04. The molecule has 1 aromatic carbocycles. The van der Waals surface area contributed by atoms with Gasteiger partial charge in [0.25, 0.3) is 5.91 Å². The van der Waals surface area contributed by atoms with Gasteiger partial charge in [0.1, 0.15) is 0 Å². The van der Waals surface area contributed by atoms with E-state index < -0.39 is 5.79 Å². The molecule has 2 aliphatic rings. The Labute approximate surface area is 122 Å². The van der Waals surface area contributed by atoms with Crippen molar-refractivity contribution < 1.29 is 14.3 Å². The number of nitrogens with two attached hydrogens (primary N) is 1. The Kier molecular flexibility index (Phi) is 3.58. The summed E-state index contributed by atoms with van der Waals surface area (Å²) >= 11 is 6.10. The molecule has 0 atom stereocenters. The minimum atomic E-state index is -0.617. The van der Waals surface area contributed by atoms with Gasteiger partial charge in [0.2, 0.25) is 0 Å². The maximum absolute atomic E-state index is 12.6. The first kappa shape index (κ1) is 13.7. The van der Waals surface area contributed by atoms with Crippen LogP contribution in [-0.2, 0) is 9.47 Å². The molecule has 20 heavy (non-hydrogen) atoms. The van der Waals surface area contributed by atoms with Gasteiger partial charge in [0.15, 0.2) is 5.79 Å². The lowest BCUT2D eigenvalue weighted by atomic mass is 10.0. The molecule has 0 saturated carbocycles. The van der Waals surface area contributed by atoms with Gasteiger partial charge in [-0.15, -0.1) is 0 Å². The van der Waals surface area contributed by atoms with Crippen LogP contribution in [0, 0.1) is 0 Å². The van der Waals surface area contributed by atoms with Crippen molar-refractivity contribution >= 4 is 23.2 Å². The van der Waals surface area contributed by atoms with Crippen molar-refractivity contribution in [2.45, 2.75) is 18.6 Å². The zero-order chi connectivity index (χ0) is 14.2. The first-order chi connectivity index (χ1) is 9.60. The number of benzene rings is 1. The molecular formula is C14H17ClN2O3. The summed E-state index contributed by atoms with van der Waals surface area (Å²) in [5.41, 5.74) is 6.67. The van der Waals surface area contributed by atoms with Gasteiger partial charge >= 0.3 is 0 Å². The van der Waals surface area contributed by atoms with Crippen LogP contribution in [0.1, 0.15) is 23.2 Å². The number of likely N-dealkylation sites (tertiary alicyclic amines) is 1. The molecule has 2 N–H and O–H groups in total. The van der Waals surface area contributed by atoms with Crippen molar-refractivity contribution in [3.8, 4) is 0 Å². The lowest BCUT2D eigenvalue weighted by Gasteiger charge is -2.38. The van der Waals surface area contributed by atoms with E-state index in [0.29, 0.717) is 42.6 Å². The van der Waals surface area contributed by atoms with Crippen molar-refractivity contribution in [3.05, 3.63) is 28.8 Å². The first-order valence-corrected chi connectivity index (χ1v) is 7.10. The van der Waals surface area contributed by atoms with Crippen LogP contribution in [0.5, 0.6) is 0 Å². The molecule has 3 rings (SSSR count). The Hall–Kier alpha value is -1.30. The third kappa shape index (κ3) is 2.49. The average Bonchev–Trinajstić information content (AvgIpc) is 2.86. The largest absolute Gasteiger partial charge is 0.399 e. The third-order valence-corrected chi connectivity index (χ3v) is 4.05. The number of amides is 1. The molecule has 5 nitrogen and oxygen atoms in total. The normalized spacial score (nSPS) is 21.4. The summed E-state index contributed by atoms with van der Waals surface area (Å²) in [4.78, 5) is 14.3. The molecule has 6 heteroatoms. The number of piperidine rings is 1. The molecule has 0 unspecified atom stereocenters. The number of nitrogen functional groups attached to an aromatic ring is 1. The summed E-state index contributed by atoms with van der Waals surface area (Å²) < 4.78 is 11.4.